The number of aromatic nitrogens is 1. The first-order chi connectivity index (χ1) is 8.91. The molecule has 0 aliphatic heterocycles. The molecule has 19 heavy (non-hydrogen) atoms. The lowest BCUT2D eigenvalue weighted by Crippen LogP contribution is -2.26. The number of amides is 1. The highest BCUT2D eigenvalue weighted by Gasteiger charge is 2.12. The van der Waals surface area contributed by atoms with Gasteiger partial charge in [0.25, 0.3) is 5.91 Å². The van der Waals surface area contributed by atoms with Gasteiger partial charge in [0.2, 0.25) is 0 Å². The lowest BCUT2D eigenvalue weighted by atomic mass is 10.2. The number of halogens is 1. The van der Waals surface area contributed by atoms with Crippen molar-refractivity contribution in [1.29, 1.82) is 0 Å². The molecule has 0 aliphatic carbocycles. The van der Waals surface area contributed by atoms with E-state index < -0.39 is 5.97 Å². The number of carboxylic acids is 1. The highest BCUT2D eigenvalue weighted by Crippen LogP contribution is 2.18. The minimum absolute atomic E-state index is 0.126. The summed E-state index contributed by atoms with van der Waals surface area (Å²) in [6.07, 6.45) is 1.32. The third-order valence-electron chi connectivity index (χ3n) is 2.74. The van der Waals surface area contributed by atoms with E-state index in [0.717, 1.165) is 11.3 Å². The minimum Gasteiger partial charge on any atom is -0.481 e. The number of hydrogen-bond donors (Lipinski definition) is 2. The van der Waals surface area contributed by atoms with Gasteiger partial charge in [0.15, 0.2) is 0 Å². The van der Waals surface area contributed by atoms with E-state index >= 15 is 0 Å². The fraction of sp³-hybridized carbons (Fsp3) is 0.462. The van der Waals surface area contributed by atoms with Crippen molar-refractivity contribution < 1.29 is 14.7 Å². The molecule has 0 saturated heterocycles. The summed E-state index contributed by atoms with van der Waals surface area (Å²) in [5.74, 6) is -1.06. The number of nitrogens with zero attached hydrogens (tertiary/aromatic N) is 1. The van der Waals surface area contributed by atoms with Crippen LogP contribution in [-0.2, 0) is 4.79 Å². The highest BCUT2D eigenvalue weighted by atomic mass is 79.9. The van der Waals surface area contributed by atoms with Gasteiger partial charge < -0.3 is 10.4 Å². The van der Waals surface area contributed by atoms with E-state index in [4.69, 9.17) is 5.11 Å². The van der Waals surface area contributed by atoms with Crippen molar-refractivity contribution in [3.8, 4) is 0 Å². The number of pyridine rings is 1. The van der Waals surface area contributed by atoms with Crippen molar-refractivity contribution in [3.05, 3.63) is 27.5 Å². The molecule has 2 N–H and O–H groups in total. The number of rotatable bonds is 6. The average molecular weight is 329 g/mol. The zero-order valence-corrected chi connectivity index (χ0v) is 12.6. The van der Waals surface area contributed by atoms with Crippen LogP contribution in [0.5, 0.6) is 0 Å². The number of nitrogens with one attached hydrogen (secondary N) is 1. The van der Waals surface area contributed by atoms with Gasteiger partial charge >= 0.3 is 5.97 Å². The van der Waals surface area contributed by atoms with Crippen molar-refractivity contribution >= 4 is 27.8 Å². The predicted octanol–water partition coefficient (Wildman–Crippen LogP) is 2.45. The maximum Gasteiger partial charge on any atom is 0.303 e. The monoisotopic (exact) mass is 328 g/mol. The van der Waals surface area contributed by atoms with Gasteiger partial charge in [-0.15, -0.1) is 0 Å². The van der Waals surface area contributed by atoms with Crippen molar-refractivity contribution in [2.24, 2.45) is 0 Å². The van der Waals surface area contributed by atoms with E-state index in [0.29, 0.717) is 29.6 Å². The van der Waals surface area contributed by atoms with Gasteiger partial charge in [-0.1, -0.05) is 0 Å². The Kier molecular flexibility index (Phi) is 5.95. The van der Waals surface area contributed by atoms with Crippen LogP contribution in [-0.4, -0.2) is 28.5 Å². The number of carbonyl (C=O) groups is 2. The number of aryl methyl sites for hydroxylation is 2. The van der Waals surface area contributed by atoms with E-state index in [9.17, 15) is 9.59 Å². The SMILES string of the molecule is Cc1cc(Br)c(C(=O)NCCCCC(=O)O)nc1C. The van der Waals surface area contributed by atoms with E-state index in [1.165, 1.54) is 0 Å². The largest absolute Gasteiger partial charge is 0.481 e. The number of carbonyl (C=O) groups excluding carboxylic acids is 1. The Bertz CT molecular complexity index is 489. The van der Waals surface area contributed by atoms with E-state index in [2.05, 4.69) is 26.2 Å². The Morgan fingerprint density at radius 3 is 2.68 bits per heavy atom. The molecule has 1 aromatic heterocycles. The summed E-state index contributed by atoms with van der Waals surface area (Å²) < 4.78 is 0.665. The normalized spacial score (nSPS) is 10.3. The molecule has 0 spiro atoms. The molecule has 6 heteroatoms. The van der Waals surface area contributed by atoms with Crippen molar-refractivity contribution in [3.63, 3.8) is 0 Å². The summed E-state index contributed by atoms with van der Waals surface area (Å²) in [4.78, 5) is 26.5. The summed E-state index contributed by atoms with van der Waals surface area (Å²) in [5, 5.41) is 11.2. The zero-order valence-electron chi connectivity index (χ0n) is 11.0. The Hall–Kier alpha value is -1.43. The van der Waals surface area contributed by atoms with E-state index in [1.807, 2.05) is 19.9 Å². The summed E-state index contributed by atoms with van der Waals surface area (Å²) in [5.41, 5.74) is 2.20. The molecule has 1 amide bonds. The van der Waals surface area contributed by atoms with Crippen LogP contribution >= 0.6 is 15.9 Å². The second kappa shape index (κ2) is 7.23. The van der Waals surface area contributed by atoms with Crippen LogP contribution in [0.2, 0.25) is 0 Å². The molecule has 0 saturated carbocycles. The molecule has 0 unspecified atom stereocenters. The van der Waals surface area contributed by atoms with Crippen molar-refractivity contribution in [2.75, 3.05) is 6.54 Å². The van der Waals surface area contributed by atoms with Gasteiger partial charge in [0.1, 0.15) is 5.69 Å². The smallest absolute Gasteiger partial charge is 0.303 e. The summed E-state index contributed by atoms with van der Waals surface area (Å²) >= 11 is 3.32. The topological polar surface area (TPSA) is 79.3 Å². The molecule has 0 radical (unpaired) electrons. The Labute approximate surface area is 120 Å². The third-order valence-corrected chi connectivity index (χ3v) is 3.34. The first-order valence-corrected chi connectivity index (χ1v) is 6.85. The van der Waals surface area contributed by atoms with Crippen LogP contribution in [0.3, 0.4) is 0 Å². The van der Waals surface area contributed by atoms with Crippen LogP contribution in [0.25, 0.3) is 0 Å². The lowest BCUT2D eigenvalue weighted by Gasteiger charge is -2.08. The minimum atomic E-state index is -0.815. The highest BCUT2D eigenvalue weighted by molar-refractivity contribution is 9.10. The number of carboxylic acid groups (broad SMARTS) is 1. The summed E-state index contributed by atoms with van der Waals surface area (Å²) in [6.45, 7) is 4.24. The standard InChI is InChI=1S/C13H17BrN2O3/c1-8-7-10(14)12(16-9(8)2)13(19)15-6-4-3-5-11(17)18/h7H,3-6H2,1-2H3,(H,15,19)(H,17,18). The summed E-state index contributed by atoms with van der Waals surface area (Å²) in [7, 11) is 0. The van der Waals surface area contributed by atoms with Crippen LogP contribution in [0.4, 0.5) is 0 Å². The molecule has 1 rings (SSSR count). The first-order valence-electron chi connectivity index (χ1n) is 6.05. The van der Waals surface area contributed by atoms with Crippen molar-refractivity contribution in [2.45, 2.75) is 33.1 Å². The second-order valence-electron chi connectivity index (χ2n) is 4.33. The van der Waals surface area contributed by atoms with Gasteiger partial charge in [-0.3, -0.25) is 9.59 Å². The van der Waals surface area contributed by atoms with E-state index in [1.54, 1.807) is 0 Å². The van der Waals surface area contributed by atoms with Crippen LogP contribution < -0.4 is 5.32 Å². The van der Waals surface area contributed by atoms with Gasteiger partial charge in [0.05, 0.1) is 0 Å². The molecular formula is C13H17BrN2O3. The average Bonchev–Trinajstić information content (AvgIpc) is 2.32. The van der Waals surface area contributed by atoms with Crippen LogP contribution in [0, 0.1) is 13.8 Å². The van der Waals surface area contributed by atoms with Crippen LogP contribution in [0.15, 0.2) is 10.5 Å². The zero-order chi connectivity index (χ0) is 14.4. The molecule has 1 aromatic rings. The maximum absolute atomic E-state index is 11.9. The Morgan fingerprint density at radius 2 is 2.05 bits per heavy atom. The quantitative estimate of drug-likeness (QED) is 0.786. The molecule has 5 nitrogen and oxygen atoms in total. The van der Waals surface area contributed by atoms with E-state index in [-0.39, 0.29) is 12.3 Å². The summed E-state index contributed by atoms with van der Waals surface area (Å²) in [6, 6.07) is 1.86. The second-order valence-corrected chi connectivity index (χ2v) is 5.18. The molecule has 0 aliphatic rings. The number of unbranched alkanes of at least 4 members (excludes halogenated alkanes) is 1. The lowest BCUT2D eigenvalue weighted by molar-refractivity contribution is -0.137. The molecule has 104 valence electrons. The molecule has 0 aromatic carbocycles. The Balaban J connectivity index is 2.50. The fourth-order valence-corrected chi connectivity index (χ4v) is 2.13. The number of aliphatic carboxylic acids is 1. The fourth-order valence-electron chi connectivity index (χ4n) is 1.52. The van der Waals surface area contributed by atoms with Gasteiger partial charge in [-0.2, -0.15) is 0 Å². The molecule has 1 heterocycles. The maximum atomic E-state index is 11.9. The first kappa shape index (κ1) is 15.6. The van der Waals surface area contributed by atoms with Crippen LogP contribution in [0.1, 0.15) is 41.0 Å². The van der Waals surface area contributed by atoms with Crippen molar-refractivity contribution in [1.82, 2.24) is 10.3 Å². The Morgan fingerprint density at radius 1 is 1.37 bits per heavy atom. The third kappa shape index (κ3) is 4.98. The molecule has 0 fully saturated rings. The van der Waals surface area contributed by atoms with Gasteiger partial charge in [0, 0.05) is 23.1 Å². The van der Waals surface area contributed by atoms with Gasteiger partial charge in [-0.05, 0) is 54.2 Å². The number of hydrogen-bond acceptors (Lipinski definition) is 3. The van der Waals surface area contributed by atoms with Gasteiger partial charge in [-0.25, -0.2) is 4.98 Å². The molecular weight excluding hydrogens is 312 g/mol. The molecule has 0 bridgehead atoms. The predicted molar refractivity (Wildman–Crippen MR) is 75.2 cm³/mol. The molecule has 0 atom stereocenters.